The van der Waals surface area contributed by atoms with Crippen LogP contribution in [0.5, 0.6) is 0 Å². The smallest absolute Gasteiger partial charge is 0.223 e. The fraction of sp³-hybridized carbons (Fsp3) is 0.368. The van der Waals surface area contributed by atoms with Gasteiger partial charge >= 0.3 is 0 Å². The highest BCUT2D eigenvalue weighted by Crippen LogP contribution is 2.27. The first-order valence-corrected chi connectivity index (χ1v) is 8.13. The van der Waals surface area contributed by atoms with Gasteiger partial charge in [-0.3, -0.25) is 9.78 Å². The normalized spacial score (nSPS) is 12.0. The van der Waals surface area contributed by atoms with E-state index in [0.29, 0.717) is 37.3 Å². The largest absolute Gasteiger partial charge is 0.382 e. The maximum Gasteiger partial charge on any atom is 0.223 e. The third-order valence-corrected chi connectivity index (χ3v) is 3.80. The molecule has 2 aromatic rings. The van der Waals surface area contributed by atoms with E-state index in [-0.39, 0.29) is 11.7 Å². The van der Waals surface area contributed by atoms with Crippen molar-refractivity contribution < 1.29 is 13.9 Å². The van der Waals surface area contributed by atoms with Gasteiger partial charge in [-0.15, -0.1) is 0 Å². The second-order valence-electron chi connectivity index (χ2n) is 5.52. The summed E-state index contributed by atoms with van der Waals surface area (Å²) >= 11 is 0. The highest BCUT2D eigenvalue weighted by Gasteiger charge is 2.24. The summed E-state index contributed by atoms with van der Waals surface area (Å²) in [5.41, 5.74) is 1.41. The maximum atomic E-state index is 13.7. The van der Waals surface area contributed by atoms with Gasteiger partial charge in [-0.1, -0.05) is 18.2 Å². The number of pyridine rings is 1. The number of carbonyl (C=O) groups excluding carboxylic acids is 1. The number of ether oxygens (including phenoxy) is 1. The summed E-state index contributed by atoms with van der Waals surface area (Å²) in [6.45, 7) is 3.13. The fourth-order valence-electron chi connectivity index (χ4n) is 2.60. The Morgan fingerprint density at radius 2 is 2.12 bits per heavy atom. The molecule has 24 heavy (non-hydrogen) atoms. The van der Waals surface area contributed by atoms with Crippen molar-refractivity contribution in [3.05, 3.63) is 65.7 Å². The molecule has 0 fully saturated rings. The summed E-state index contributed by atoms with van der Waals surface area (Å²) in [6.07, 6.45) is 2.72. The van der Waals surface area contributed by atoms with Gasteiger partial charge in [0.2, 0.25) is 5.91 Å². The van der Waals surface area contributed by atoms with E-state index in [2.05, 4.69) is 4.98 Å². The number of amides is 1. The molecule has 1 aromatic heterocycles. The second-order valence-corrected chi connectivity index (χ2v) is 5.52. The first-order chi connectivity index (χ1) is 11.6. The molecule has 0 aliphatic carbocycles. The Hall–Kier alpha value is -2.27. The molecule has 0 spiro atoms. The van der Waals surface area contributed by atoms with E-state index in [0.717, 1.165) is 0 Å². The molecule has 0 radical (unpaired) electrons. The lowest BCUT2D eigenvalue weighted by atomic mass is 10.0. The van der Waals surface area contributed by atoms with E-state index >= 15 is 0 Å². The van der Waals surface area contributed by atoms with E-state index in [1.165, 1.54) is 12.1 Å². The molecule has 1 heterocycles. The van der Waals surface area contributed by atoms with Crippen LogP contribution < -0.4 is 0 Å². The average Bonchev–Trinajstić information content (AvgIpc) is 2.60. The number of hydrogen-bond donors (Lipinski definition) is 0. The van der Waals surface area contributed by atoms with E-state index < -0.39 is 6.04 Å². The molecule has 0 aliphatic heterocycles. The highest BCUT2D eigenvalue weighted by atomic mass is 19.1. The van der Waals surface area contributed by atoms with Crippen LogP contribution in [0.4, 0.5) is 4.39 Å². The minimum atomic E-state index is -0.415. The predicted octanol–water partition coefficient (Wildman–Crippen LogP) is 3.59. The summed E-state index contributed by atoms with van der Waals surface area (Å²) in [4.78, 5) is 18.5. The number of halogens is 1. The van der Waals surface area contributed by atoms with Crippen LogP contribution in [0.3, 0.4) is 0 Å². The number of benzene rings is 1. The highest BCUT2D eigenvalue weighted by molar-refractivity contribution is 5.76. The Bertz CT molecular complexity index is 649. The molecule has 0 saturated heterocycles. The van der Waals surface area contributed by atoms with Crippen LogP contribution in [0.15, 0.2) is 48.7 Å². The molecule has 1 atom stereocenters. The van der Waals surface area contributed by atoms with E-state index in [4.69, 9.17) is 4.74 Å². The predicted molar refractivity (Wildman–Crippen MR) is 91.0 cm³/mol. The van der Waals surface area contributed by atoms with Gasteiger partial charge in [-0.25, -0.2) is 4.39 Å². The number of aromatic nitrogens is 1. The number of carbonyl (C=O) groups is 1. The fourth-order valence-corrected chi connectivity index (χ4v) is 2.60. The molecule has 128 valence electrons. The summed E-state index contributed by atoms with van der Waals surface area (Å²) in [7, 11) is 1.73. The second kappa shape index (κ2) is 9.13. The van der Waals surface area contributed by atoms with E-state index in [9.17, 15) is 9.18 Å². The molecular weight excluding hydrogens is 307 g/mol. The minimum Gasteiger partial charge on any atom is -0.382 e. The van der Waals surface area contributed by atoms with Crippen molar-refractivity contribution in [2.75, 3.05) is 20.3 Å². The van der Waals surface area contributed by atoms with Crippen molar-refractivity contribution in [3.8, 4) is 0 Å². The summed E-state index contributed by atoms with van der Waals surface area (Å²) in [5, 5.41) is 0. The van der Waals surface area contributed by atoms with Crippen LogP contribution in [0, 0.1) is 5.82 Å². The number of hydrogen-bond acceptors (Lipinski definition) is 3. The molecule has 5 heteroatoms. The molecule has 1 aromatic carbocycles. The first-order valence-electron chi connectivity index (χ1n) is 8.13. The molecule has 4 nitrogen and oxygen atoms in total. The first kappa shape index (κ1) is 18.1. The zero-order chi connectivity index (χ0) is 17.4. The van der Waals surface area contributed by atoms with Gasteiger partial charge in [-0.05, 0) is 43.2 Å². The Labute approximate surface area is 142 Å². The standard InChI is InChI=1S/C19H23FN2O2/c1-3-24-13-7-11-18(23)22(2)19(17-10-4-5-12-21-17)15-8-6-9-16(20)14-15/h4-6,8-10,12,14,19H,3,7,11,13H2,1-2H3/t19-/m1/s1. The van der Waals surface area contributed by atoms with Crippen LogP contribution in [0.1, 0.15) is 37.1 Å². The lowest BCUT2D eigenvalue weighted by molar-refractivity contribution is -0.131. The molecule has 0 aliphatic rings. The van der Waals surface area contributed by atoms with Crippen molar-refractivity contribution in [3.63, 3.8) is 0 Å². The Morgan fingerprint density at radius 3 is 2.79 bits per heavy atom. The van der Waals surface area contributed by atoms with Crippen molar-refractivity contribution in [2.45, 2.75) is 25.8 Å². The van der Waals surface area contributed by atoms with Gasteiger partial charge in [-0.2, -0.15) is 0 Å². The van der Waals surface area contributed by atoms with Crippen LogP contribution in [0.2, 0.25) is 0 Å². The topological polar surface area (TPSA) is 42.4 Å². The summed E-state index contributed by atoms with van der Waals surface area (Å²) < 4.78 is 18.9. The molecule has 1 amide bonds. The quantitative estimate of drug-likeness (QED) is 0.695. The lowest BCUT2D eigenvalue weighted by Crippen LogP contribution is -2.32. The number of rotatable bonds is 8. The summed E-state index contributed by atoms with van der Waals surface area (Å²) in [5.74, 6) is -0.347. The summed E-state index contributed by atoms with van der Waals surface area (Å²) in [6, 6.07) is 11.4. The average molecular weight is 330 g/mol. The molecule has 0 unspecified atom stereocenters. The zero-order valence-corrected chi connectivity index (χ0v) is 14.1. The SMILES string of the molecule is CCOCCCC(=O)N(C)[C@H](c1cccc(F)c1)c1ccccn1. The third kappa shape index (κ3) is 4.86. The Balaban J connectivity index is 2.21. The van der Waals surface area contributed by atoms with Crippen LogP contribution in [-0.2, 0) is 9.53 Å². The van der Waals surface area contributed by atoms with Gasteiger partial charge in [0, 0.05) is 32.9 Å². The van der Waals surface area contributed by atoms with Crippen molar-refractivity contribution >= 4 is 5.91 Å². The minimum absolute atomic E-state index is 0.0189. The molecule has 0 saturated carbocycles. The van der Waals surface area contributed by atoms with Gasteiger partial charge in [0.05, 0.1) is 11.7 Å². The van der Waals surface area contributed by atoms with Crippen molar-refractivity contribution in [2.24, 2.45) is 0 Å². The molecule has 0 N–H and O–H groups in total. The van der Waals surface area contributed by atoms with E-state index in [1.54, 1.807) is 24.2 Å². The van der Waals surface area contributed by atoms with Gasteiger partial charge in [0.15, 0.2) is 0 Å². The van der Waals surface area contributed by atoms with Crippen LogP contribution in [0.25, 0.3) is 0 Å². The Kier molecular flexibility index (Phi) is 6.88. The molecule has 2 rings (SSSR count). The third-order valence-electron chi connectivity index (χ3n) is 3.80. The van der Waals surface area contributed by atoms with Crippen molar-refractivity contribution in [1.82, 2.24) is 9.88 Å². The maximum absolute atomic E-state index is 13.7. The lowest BCUT2D eigenvalue weighted by Gasteiger charge is -2.28. The van der Waals surface area contributed by atoms with Gasteiger partial charge in [0.25, 0.3) is 0 Å². The monoisotopic (exact) mass is 330 g/mol. The molecule has 0 bridgehead atoms. The van der Waals surface area contributed by atoms with Gasteiger partial charge in [0.1, 0.15) is 5.82 Å². The van der Waals surface area contributed by atoms with Crippen LogP contribution >= 0.6 is 0 Å². The zero-order valence-electron chi connectivity index (χ0n) is 14.1. The van der Waals surface area contributed by atoms with E-state index in [1.807, 2.05) is 31.2 Å². The van der Waals surface area contributed by atoms with Crippen LogP contribution in [-0.4, -0.2) is 36.1 Å². The van der Waals surface area contributed by atoms with Gasteiger partial charge < -0.3 is 9.64 Å². The number of nitrogens with zero attached hydrogens (tertiary/aromatic N) is 2. The Morgan fingerprint density at radius 1 is 1.29 bits per heavy atom. The van der Waals surface area contributed by atoms with Crippen molar-refractivity contribution in [1.29, 1.82) is 0 Å². The molecular formula is C19H23FN2O2.